The Labute approximate surface area is 146 Å². The maximum absolute atomic E-state index is 12.4. The van der Waals surface area contributed by atoms with Gasteiger partial charge in [-0.1, -0.05) is 17.7 Å². The molecule has 1 amide bonds. The predicted molar refractivity (Wildman–Crippen MR) is 90.6 cm³/mol. The molecule has 1 aliphatic rings. The van der Waals surface area contributed by atoms with Crippen LogP contribution in [-0.2, 0) is 11.4 Å². The van der Waals surface area contributed by atoms with Gasteiger partial charge in [0.2, 0.25) is 0 Å². The molecule has 1 N–H and O–H groups in total. The molecule has 6 heteroatoms. The van der Waals surface area contributed by atoms with Crippen molar-refractivity contribution in [3.63, 3.8) is 0 Å². The van der Waals surface area contributed by atoms with E-state index < -0.39 is 11.9 Å². The molecule has 1 aliphatic heterocycles. The van der Waals surface area contributed by atoms with E-state index in [1.54, 1.807) is 12.1 Å². The number of carbonyl (C=O) groups excluding carboxylic acids is 1. The van der Waals surface area contributed by atoms with Crippen molar-refractivity contribution < 1.29 is 23.8 Å². The van der Waals surface area contributed by atoms with Gasteiger partial charge in [0.1, 0.15) is 18.1 Å². The Balaban J connectivity index is 1.60. The predicted octanol–water partition coefficient (Wildman–Crippen LogP) is 3.02. The van der Waals surface area contributed by atoms with E-state index in [4.69, 9.17) is 14.3 Å². The van der Waals surface area contributed by atoms with Crippen LogP contribution in [0.1, 0.15) is 33.9 Å². The van der Waals surface area contributed by atoms with Crippen LogP contribution in [0.4, 0.5) is 0 Å². The smallest absolute Gasteiger partial charge is 0.308 e. The van der Waals surface area contributed by atoms with Gasteiger partial charge in [0.15, 0.2) is 5.76 Å². The standard InChI is InChI=1S/C19H21NO5/c1-12-3-5-16(13(2)9-12)24-11-15-4-6-17(25-15)18(21)20-8-7-14(10-20)19(22)23/h3-6,9,14H,7-8,10-11H2,1-2H3,(H,22,23)/t14-/m0/s1. The summed E-state index contributed by atoms with van der Waals surface area (Å²) in [7, 11) is 0. The van der Waals surface area contributed by atoms with E-state index in [-0.39, 0.29) is 24.8 Å². The Bertz CT molecular complexity index is 795. The molecule has 1 aromatic heterocycles. The summed E-state index contributed by atoms with van der Waals surface area (Å²) in [6, 6.07) is 9.25. The van der Waals surface area contributed by atoms with Crippen molar-refractivity contribution in [1.82, 2.24) is 4.90 Å². The van der Waals surface area contributed by atoms with Gasteiger partial charge in [-0.15, -0.1) is 0 Å². The molecule has 1 aromatic carbocycles. The van der Waals surface area contributed by atoms with Crippen LogP contribution in [-0.4, -0.2) is 35.0 Å². The molecule has 0 spiro atoms. The van der Waals surface area contributed by atoms with E-state index in [9.17, 15) is 9.59 Å². The second-order valence-electron chi connectivity index (χ2n) is 6.40. The quantitative estimate of drug-likeness (QED) is 0.903. The zero-order valence-electron chi connectivity index (χ0n) is 14.3. The highest BCUT2D eigenvalue weighted by atomic mass is 16.5. The molecule has 0 saturated carbocycles. The van der Waals surface area contributed by atoms with Crippen LogP contribution in [0.25, 0.3) is 0 Å². The van der Waals surface area contributed by atoms with E-state index in [0.29, 0.717) is 18.7 Å². The molecule has 1 saturated heterocycles. The number of hydrogen-bond acceptors (Lipinski definition) is 4. The first kappa shape index (κ1) is 17.1. The van der Waals surface area contributed by atoms with E-state index in [2.05, 4.69) is 0 Å². The Hall–Kier alpha value is -2.76. The maximum Gasteiger partial charge on any atom is 0.308 e. The summed E-state index contributed by atoms with van der Waals surface area (Å²) < 4.78 is 11.3. The number of rotatable bonds is 5. The van der Waals surface area contributed by atoms with Crippen LogP contribution in [0.5, 0.6) is 5.75 Å². The molecular weight excluding hydrogens is 322 g/mol. The fraction of sp³-hybridized carbons (Fsp3) is 0.368. The molecule has 0 aliphatic carbocycles. The molecule has 3 rings (SSSR count). The lowest BCUT2D eigenvalue weighted by Crippen LogP contribution is -2.29. The van der Waals surface area contributed by atoms with Gasteiger partial charge in [-0.2, -0.15) is 0 Å². The topological polar surface area (TPSA) is 80.0 Å². The second-order valence-corrected chi connectivity index (χ2v) is 6.40. The fourth-order valence-electron chi connectivity index (χ4n) is 2.98. The molecule has 0 radical (unpaired) electrons. The highest BCUT2D eigenvalue weighted by Crippen LogP contribution is 2.22. The number of amides is 1. The molecule has 1 fully saturated rings. The number of carboxylic acids is 1. The third kappa shape index (κ3) is 3.84. The van der Waals surface area contributed by atoms with Gasteiger partial charge in [0.25, 0.3) is 5.91 Å². The molecule has 132 valence electrons. The van der Waals surface area contributed by atoms with Crippen LogP contribution < -0.4 is 4.74 Å². The third-order valence-corrected chi connectivity index (χ3v) is 4.40. The number of carboxylic acid groups (broad SMARTS) is 1. The number of benzene rings is 1. The van der Waals surface area contributed by atoms with E-state index in [1.807, 2.05) is 32.0 Å². The minimum Gasteiger partial charge on any atom is -0.485 e. The minimum atomic E-state index is -0.864. The number of ether oxygens (including phenoxy) is 1. The number of furan rings is 1. The van der Waals surface area contributed by atoms with Crippen LogP contribution >= 0.6 is 0 Å². The molecule has 6 nitrogen and oxygen atoms in total. The summed E-state index contributed by atoms with van der Waals surface area (Å²) in [4.78, 5) is 24.9. The van der Waals surface area contributed by atoms with Crippen LogP contribution in [0, 0.1) is 19.8 Å². The van der Waals surface area contributed by atoms with Gasteiger partial charge in [-0.3, -0.25) is 9.59 Å². The van der Waals surface area contributed by atoms with E-state index >= 15 is 0 Å². The average molecular weight is 343 g/mol. The molecule has 25 heavy (non-hydrogen) atoms. The van der Waals surface area contributed by atoms with Crippen molar-refractivity contribution >= 4 is 11.9 Å². The second kappa shape index (κ2) is 7.01. The van der Waals surface area contributed by atoms with Crippen molar-refractivity contribution in [3.8, 4) is 5.75 Å². The lowest BCUT2D eigenvalue weighted by atomic mass is 10.1. The highest BCUT2D eigenvalue weighted by molar-refractivity contribution is 5.92. The first-order valence-electron chi connectivity index (χ1n) is 8.25. The summed E-state index contributed by atoms with van der Waals surface area (Å²) in [6.45, 7) is 4.89. The Morgan fingerprint density at radius 1 is 1.28 bits per heavy atom. The van der Waals surface area contributed by atoms with Crippen LogP contribution in [0.3, 0.4) is 0 Å². The number of hydrogen-bond donors (Lipinski definition) is 1. The van der Waals surface area contributed by atoms with Crippen molar-refractivity contribution in [2.45, 2.75) is 26.9 Å². The third-order valence-electron chi connectivity index (χ3n) is 4.40. The molecular formula is C19H21NO5. The monoisotopic (exact) mass is 343 g/mol. The van der Waals surface area contributed by atoms with Gasteiger partial charge in [-0.05, 0) is 44.0 Å². The fourth-order valence-corrected chi connectivity index (χ4v) is 2.98. The molecule has 2 aromatic rings. The highest BCUT2D eigenvalue weighted by Gasteiger charge is 2.32. The summed E-state index contributed by atoms with van der Waals surface area (Å²) in [5.41, 5.74) is 2.21. The normalized spacial score (nSPS) is 16.9. The summed E-state index contributed by atoms with van der Waals surface area (Å²) in [5.74, 6) is -0.0914. The largest absolute Gasteiger partial charge is 0.485 e. The number of nitrogens with zero attached hydrogens (tertiary/aromatic N) is 1. The lowest BCUT2D eigenvalue weighted by molar-refractivity contribution is -0.141. The van der Waals surface area contributed by atoms with Gasteiger partial charge < -0.3 is 19.2 Å². The Morgan fingerprint density at radius 3 is 2.76 bits per heavy atom. The van der Waals surface area contributed by atoms with Gasteiger partial charge >= 0.3 is 5.97 Å². The zero-order chi connectivity index (χ0) is 18.0. The van der Waals surface area contributed by atoms with Gasteiger partial charge in [0, 0.05) is 13.1 Å². The van der Waals surface area contributed by atoms with Crippen molar-refractivity contribution in [2.24, 2.45) is 5.92 Å². The molecule has 0 unspecified atom stereocenters. The number of likely N-dealkylation sites (tertiary alicyclic amines) is 1. The van der Waals surface area contributed by atoms with Crippen molar-refractivity contribution in [1.29, 1.82) is 0 Å². The summed E-state index contributed by atoms with van der Waals surface area (Å²) in [5, 5.41) is 9.03. The number of aliphatic carboxylic acids is 1. The number of aryl methyl sites for hydroxylation is 2. The maximum atomic E-state index is 12.4. The Kier molecular flexibility index (Phi) is 4.79. The van der Waals surface area contributed by atoms with E-state index in [1.165, 1.54) is 10.5 Å². The molecule has 2 heterocycles. The Morgan fingerprint density at radius 2 is 2.08 bits per heavy atom. The summed E-state index contributed by atoms with van der Waals surface area (Å²) in [6.07, 6.45) is 0.477. The van der Waals surface area contributed by atoms with E-state index in [0.717, 1.165) is 11.3 Å². The van der Waals surface area contributed by atoms with Crippen molar-refractivity contribution in [2.75, 3.05) is 13.1 Å². The minimum absolute atomic E-state index is 0.213. The lowest BCUT2D eigenvalue weighted by Gasteiger charge is -2.13. The van der Waals surface area contributed by atoms with Crippen molar-refractivity contribution in [3.05, 3.63) is 53.0 Å². The first-order chi connectivity index (χ1) is 11.9. The van der Waals surface area contributed by atoms with Gasteiger partial charge in [-0.25, -0.2) is 0 Å². The molecule has 0 bridgehead atoms. The zero-order valence-corrected chi connectivity index (χ0v) is 14.3. The average Bonchev–Trinajstić information content (AvgIpc) is 3.23. The first-order valence-corrected chi connectivity index (χ1v) is 8.25. The number of carbonyl (C=O) groups is 2. The van der Waals surface area contributed by atoms with Crippen LogP contribution in [0.2, 0.25) is 0 Å². The SMILES string of the molecule is Cc1ccc(OCc2ccc(C(=O)N3CC[C@H](C(=O)O)C3)o2)c(C)c1. The summed E-state index contributed by atoms with van der Waals surface area (Å²) >= 11 is 0. The van der Waals surface area contributed by atoms with Crippen LogP contribution in [0.15, 0.2) is 34.7 Å². The molecule has 1 atom stereocenters. The van der Waals surface area contributed by atoms with Gasteiger partial charge in [0.05, 0.1) is 5.92 Å².